The molecule has 3 atom stereocenters. The third kappa shape index (κ3) is 2.71. The van der Waals surface area contributed by atoms with Crippen LogP contribution in [0.2, 0.25) is 0 Å². The van der Waals surface area contributed by atoms with Gasteiger partial charge in [0, 0.05) is 22.1 Å². The van der Waals surface area contributed by atoms with Crippen molar-refractivity contribution < 1.29 is 4.21 Å². The second-order valence-corrected chi connectivity index (χ2v) is 7.98. The van der Waals surface area contributed by atoms with Gasteiger partial charge in [-0.1, -0.05) is 44.0 Å². The van der Waals surface area contributed by atoms with Crippen molar-refractivity contribution in [3.05, 3.63) is 35.4 Å². The predicted octanol–water partition coefficient (Wildman–Crippen LogP) is 3.34. The maximum absolute atomic E-state index is 13.0. The van der Waals surface area contributed by atoms with Crippen LogP contribution in [0.3, 0.4) is 0 Å². The number of rotatable bonds is 4. The minimum absolute atomic E-state index is 0.284. The SMILES string of the molecule is CCNC1c2ccccc2CCC1S(=O)C1CCCC1. The van der Waals surface area contributed by atoms with Gasteiger partial charge in [0.1, 0.15) is 0 Å². The van der Waals surface area contributed by atoms with Crippen LogP contribution in [0.25, 0.3) is 0 Å². The minimum Gasteiger partial charge on any atom is -0.309 e. The van der Waals surface area contributed by atoms with Crippen LogP contribution in [0.4, 0.5) is 0 Å². The monoisotopic (exact) mass is 291 g/mol. The zero-order valence-electron chi connectivity index (χ0n) is 12.3. The van der Waals surface area contributed by atoms with E-state index in [1.165, 1.54) is 36.8 Å². The molecule has 0 heterocycles. The molecule has 0 bridgehead atoms. The van der Waals surface area contributed by atoms with E-state index in [0.29, 0.717) is 10.5 Å². The zero-order chi connectivity index (χ0) is 13.9. The van der Waals surface area contributed by atoms with Gasteiger partial charge in [-0.25, -0.2) is 0 Å². The first-order valence-electron chi connectivity index (χ1n) is 8.02. The first-order valence-corrected chi connectivity index (χ1v) is 9.29. The highest BCUT2D eigenvalue weighted by Gasteiger charge is 2.36. The fourth-order valence-electron chi connectivity index (χ4n) is 3.81. The van der Waals surface area contributed by atoms with Gasteiger partial charge in [0.15, 0.2) is 0 Å². The molecule has 110 valence electrons. The molecule has 1 aromatic carbocycles. The molecule has 0 aromatic heterocycles. The summed E-state index contributed by atoms with van der Waals surface area (Å²) in [5, 5.41) is 4.35. The van der Waals surface area contributed by atoms with Crippen molar-refractivity contribution in [3.63, 3.8) is 0 Å². The Morgan fingerprint density at radius 2 is 1.95 bits per heavy atom. The highest BCUT2D eigenvalue weighted by Crippen LogP contribution is 2.36. The second kappa shape index (κ2) is 6.40. The number of aryl methyl sites for hydroxylation is 1. The van der Waals surface area contributed by atoms with Crippen LogP contribution in [0, 0.1) is 0 Å². The molecule has 2 nitrogen and oxygen atoms in total. The first kappa shape index (κ1) is 14.3. The zero-order valence-corrected chi connectivity index (χ0v) is 13.1. The Hall–Kier alpha value is -0.670. The van der Waals surface area contributed by atoms with Gasteiger partial charge in [0.05, 0.1) is 5.25 Å². The summed E-state index contributed by atoms with van der Waals surface area (Å²) < 4.78 is 13.0. The Bertz CT molecular complexity index is 482. The molecule has 0 amide bonds. The van der Waals surface area contributed by atoms with Gasteiger partial charge < -0.3 is 5.32 Å². The van der Waals surface area contributed by atoms with Crippen molar-refractivity contribution in [1.29, 1.82) is 0 Å². The maximum atomic E-state index is 13.0. The van der Waals surface area contributed by atoms with E-state index >= 15 is 0 Å². The molecule has 0 radical (unpaired) electrons. The molecule has 2 aliphatic rings. The van der Waals surface area contributed by atoms with Crippen molar-refractivity contribution >= 4 is 10.8 Å². The fourth-order valence-corrected chi connectivity index (χ4v) is 5.96. The Morgan fingerprint density at radius 1 is 1.20 bits per heavy atom. The summed E-state index contributed by atoms with van der Waals surface area (Å²) in [7, 11) is -0.683. The Labute approximate surface area is 124 Å². The molecule has 0 aliphatic heterocycles. The molecule has 0 saturated heterocycles. The number of hydrogen-bond acceptors (Lipinski definition) is 2. The van der Waals surface area contributed by atoms with Gasteiger partial charge in [0.25, 0.3) is 0 Å². The Kier molecular flexibility index (Phi) is 4.57. The molecule has 1 fully saturated rings. The first-order chi connectivity index (χ1) is 9.81. The van der Waals surface area contributed by atoms with Gasteiger partial charge in [0.2, 0.25) is 0 Å². The van der Waals surface area contributed by atoms with Crippen LogP contribution < -0.4 is 5.32 Å². The minimum atomic E-state index is -0.683. The third-order valence-corrected chi connectivity index (χ3v) is 7.05. The van der Waals surface area contributed by atoms with Crippen molar-refractivity contribution in [2.45, 2.75) is 62.0 Å². The number of nitrogens with one attached hydrogen (secondary N) is 1. The van der Waals surface area contributed by atoms with Gasteiger partial charge in [-0.3, -0.25) is 4.21 Å². The largest absolute Gasteiger partial charge is 0.309 e. The summed E-state index contributed by atoms with van der Waals surface area (Å²) in [6.45, 7) is 3.09. The summed E-state index contributed by atoms with van der Waals surface area (Å²) in [5.41, 5.74) is 2.83. The molecule has 2 aliphatic carbocycles. The molecule has 3 heteroatoms. The standard InChI is InChI=1S/C17H25NOS/c1-2-18-17-15-10-6-3-7-13(15)11-12-16(17)20(19)14-8-4-5-9-14/h3,6-7,10,14,16-18H,2,4-5,8-9,11-12H2,1H3. The van der Waals surface area contributed by atoms with Crippen LogP contribution in [0.15, 0.2) is 24.3 Å². The molecule has 3 unspecified atom stereocenters. The normalized spacial score (nSPS) is 28.2. The van der Waals surface area contributed by atoms with E-state index in [2.05, 4.69) is 36.5 Å². The predicted molar refractivity (Wildman–Crippen MR) is 85.4 cm³/mol. The van der Waals surface area contributed by atoms with E-state index in [-0.39, 0.29) is 6.04 Å². The molecular formula is C17H25NOS. The fraction of sp³-hybridized carbons (Fsp3) is 0.647. The highest BCUT2D eigenvalue weighted by atomic mass is 32.2. The van der Waals surface area contributed by atoms with Crippen molar-refractivity contribution in [3.8, 4) is 0 Å². The molecule has 1 aromatic rings. The lowest BCUT2D eigenvalue weighted by Gasteiger charge is -2.35. The summed E-state index contributed by atoms with van der Waals surface area (Å²) >= 11 is 0. The lowest BCUT2D eigenvalue weighted by atomic mass is 9.87. The van der Waals surface area contributed by atoms with E-state index in [4.69, 9.17) is 0 Å². The lowest BCUT2D eigenvalue weighted by molar-refractivity contribution is 0.471. The second-order valence-electron chi connectivity index (χ2n) is 6.05. The average Bonchev–Trinajstić information content (AvgIpc) is 3.01. The van der Waals surface area contributed by atoms with E-state index in [9.17, 15) is 4.21 Å². The summed E-state index contributed by atoms with van der Waals surface area (Å²) in [4.78, 5) is 0. The van der Waals surface area contributed by atoms with Gasteiger partial charge in [-0.2, -0.15) is 0 Å². The molecule has 1 N–H and O–H groups in total. The lowest BCUT2D eigenvalue weighted by Crippen LogP contribution is -2.41. The van der Waals surface area contributed by atoms with Gasteiger partial charge in [-0.05, 0) is 43.4 Å². The van der Waals surface area contributed by atoms with Gasteiger partial charge >= 0.3 is 0 Å². The summed E-state index contributed by atoms with van der Waals surface area (Å²) in [5.74, 6) is 0. The Morgan fingerprint density at radius 3 is 2.70 bits per heavy atom. The average molecular weight is 291 g/mol. The molecule has 20 heavy (non-hydrogen) atoms. The third-order valence-electron chi connectivity index (χ3n) is 4.81. The molecular weight excluding hydrogens is 266 g/mol. The van der Waals surface area contributed by atoms with Crippen molar-refractivity contribution in [1.82, 2.24) is 5.32 Å². The van der Waals surface area contributed by atoms with E-state index < -0.39 is 10.8 Å². The quantitative estimate of drug-likeness (QED) is 0.922. The topological polar surface area (TPSA) is 29.1 Å². The smallest absolute Gasteiger partial charge is 0.0548 e. The van der Waals surface area contributed by atoms with Crippen LogP contribution in [0.1, 0.15) is 56.2 Å². The number of hydrogen-bond donors (Lipinski definition) is 1. The van der Waals surface area contributed by atoms with Crippen molar-refractivity contribution in [2.75, 3.05) is 6.54 Å². The summed E-state index contributed by atoms with van der Waals surface area (Å²) in [6.07, 6.45) is 7.03. The van der Waals surface area contributed by atoms with Crippen molar-refractivity contribution in [2.24, 2.45) is 0 Å². The number of benzene rings is 1. The van der Waals surface area contributed by atoms with E-state index in [0.717, 1.165) is 19.4 Å². The molecule has 3 rings (SSSR count). The highest BCUT2D eigenvalue weighted by molar-refractivity contribution is 7.86. The summed E-state index contributed by atoms with van der Waals surface area (Å²) in [6, 6.07) is 8.97. The van der Waals surface area contributed by atoms with Crippen LogP contribution in [-0.2, 0) is 17.2 Å². The van der Waals surface area contributed by atoms with E-state index in [1.807, 2.05) is 0 Å². The van der Waals surface area contributed by atoms with Crippen LogP contribution >= 0.6 is 0 Å². The number of fused-ring (bicyclic) bond motifs is 1. The Balaban J connectivity index is 1.85. The van der Waals surface area contributed by atoms with E-state index in [1.54, 1.807) is 0 Å². The molecule has 0 spiro atoms. The van der Waals surface area contributed by atoms with Crippen LogP contribution in [-0.4, -0.2) is 21.3 Å². The molecule has 1 saturated carbocycles. The van der Waals surface area contributed by atoms with Crippen LogP contribution in [0.5, 0.6) is 0 Å². The van der Waals surface area contributed by atoms with Gasteiger partial charge in [-0.15, -0.1) is 0 Å². The maximum Gasteiger partial charge on any atom is 0.0548 e.